The second kappa shape index (κ2) is 9.70. The summed E-state index contributed by atoms with van der Waals surface area (Å²) in [5, 5.41) is 13.9. The maximum atomic E-state index is 13.7. The second-order valence-corrected chi connectivity index (χ2v) is 13.5. The Bertz CT molecular complexity index is 1060. The average molecular weight is 515 g/mol. The Morgan fingerprint density at radius 1 is 1.28 bits per heavy atom. The zero-order valence-corrected chi connectivity index (χ0v) is 23.5. The van der Waals surface area contributed by atoms with E-state index in [2.05, 4.69) is 57.4 Å². The molecule has 4 rings (SSSR count). The molecule has 1 aromatic carbocycles. The van der Waals surface area contributed by atoms with Crippen LogP contribution in [0.2, 0.25) is 5.02 Å². The first kappa shape index (κ1) is 27.0. The maximum absolute atomic E-state index is 13.7. The van der Waals surface area contributed by atoms with E-state index in [0.717, 1.165) is 54.7 Å². The van der Waals surface area contributed by atoms with Crippen molar-refractivity contribution in [2.45, 2.75) is 104 Å². The van der Waals surface area contributed by atoms with Crippen molar-refractivity contribution in [3.63, 3.8) is 0 Å². The van der Waals surface area contributed by atoms with Crippen molar-refractivity contribution < 1.29 is 14.7 Å². The van der Waals surface area contributed by atoms with Gasteiger partial charge in [0.15, 0.2) is 0 Å². The molecule has 0 spiro atoms. The van der Waals surface area contributed by atoms with Gasteiger partial charge in [-0.15, -0.1) is 0 Å². The number of carboxylic acids is 1. The van der Waals surface area contributed by atoms with Crippen LogP contribution in [0.3, 0.4) is 0 Å². The molecule has 1 aromatic rings. The van der Waals surface area contributed by atoms with Crippen LogP contribution in [0.4, 0.5) is 4.79 Å². The van der Waals surface area contributed by atoms with Crippen LogP contribution in [0.15, 0.2) is 30.0 Å². The minimum absolute atomic E-state index is 0.0274. The van der Waals surface area contributed by atoms with E-state index in [1.165, 1.54) is 5.57 Å². The van der Waals surface area contributed by atoms with Gasteiger partial charge in [0.2, 0.25) is 0 Å². The Kier molecular flexibility index (Phi) is 7.29. The van der Waals surface area contributed by atoms with Gasteiger partial charge in [-0.05, 0) is 91.9 Å². The molecule has 2 aliphatic carbocycles. The minimum atomic E-state index is -0.768. The van der Waals surface area contributed by atoms with Crippen molar-refractivity contribution in [1.29, 1.82) is 0 Å². The third-order valence-corrected chi connectivity index (χ3v) is 9.43. The van der Waals surface area contributed by atoms with Gasteiger partial charge in [0.1, 0.15) is 0 Å². The number of nitrogens with zero attached hydrogens (tertiary/aromatic N) is 1. The zero-order valence-electron chi connectivity index (χ0n) is 22.8. The van der Waals surface area contributed by atoms with Crippen LogP contribution in [0, 0.1) is 23.2 Å². The molecule has 198 valence electrons. The summed E-state index contributed by atoms with van der Waals surface area (Å²) in [6.45, 7) is 13.0. The van der Waals surface area contributed by atoms with Crippen LogP contribution < -0.4 is 5.32 Å². The number of aliphatic carboxylic acids is 1. The minimum Gasteiger partial charge on any atom is -0.481 e. The standard InChI is InChI=1S/C30H43ClN2O3/c1-7-20-10-13-30(22-9-8-21(25(31)15-22)11-12-28(3,4)5)23(14-20)18-33(27(36)32-30)29(6)16-19(2)24(17-29)26(34)35/h8-9,15,18-20,24H,7,10-14,16-17H2,1-6H3,(H,32,36)(H,34,35)/t19?,20?,24-,29?,30+/m0/s1. The third-order valence-electron chi connectivity index (χ3n) is 9.08. The molecule has 2 fully saturated rings. The molecule has 2 amide bonds. The van der Waals surface area contributed by atoms with E-state index in [-0.39, 0.29) is 17.4 Å². The topological polar surface area (TPSA) is 69.6 Å². The van der Waals surface area contributed by atoms with Gasteiger partial charge < -0.3 is 10.4 Å². The molecule has 0 saturated heterocycles. The molecule has 6 heteroatoms. The van der Waals surface area contributed by atoms with Gasteiger partial charge in [-0.3, -0.25) is 9.69 Å². The molecular weight excluding hydrogens is 472 g/mol. The molecule has 3 unspecified atom stereocenters. The van der Waals surface area contributed by atoms with Crippen LogP contribution in [0.25, 0.3) is 0 Å². The fraction of sp³-hybridized carbons (Fsp3) is 0.667. The number of urea groups is 1. The summed E-state index contributed by atoms with van der Waals surface area (Å²) in [4.78, 5) is 27.3. The lowest BCUT2D eigenvalue weighted by molar-refractivity contribution is -0.142. The van der Waals surface area contributed by atoms with Gasteiger partial charge in [-0.2, -0.15) is 0 Å². The number of halogens is 1. The number of aryl methyl sites for hydroxylation is 1. The van der Waals surface area contributed by atoms with E-state index < -0.39 is 23.0 Å². The Balaban J connectivity index is 1.70. The highest BCUT2D eigenvalue weighted by Gasteiger charge is 2.52. The molecule has 0 aromatic heterocycles. The lowest BCUT2D eigenvalue weighted by atomic mass is 9.68. The number of hydrogen-bond donors (Lipinski definition) is 2. The summed E-state index contributed by atoms with van der Waals surface area (Å²) in [6.07, 6.45) is 9.12. The van der Waals surface area contributed by atoms with Crippen molar-refractivity contribution in [2.24, 2.45) is 23.2 Å². The summed E-state index contributed by atoms with van der Waals surface area (Å²) in [6, 6.07) is 6.22. The highest BCUT2D eigenvalue weighted by molar-refractivity contribution is 6.31. The predicted octanol–water partition coefficient (Wildman–Crippen LogP) is 7.52. The Labute approximate surface area is 221 Å². The van der Waals surface area contributed by atoms with E-state index >= 15 is 0 Å². The molecule has 36 heavy (non-hydrogen) atoms. The lowest BCUT2D eigenvalue weighted by Gasteiger charge is -2.50. The first-order valence-corrected chi connectivity index (χ1v) is 14.0. The molecule has 0 bridgehead atoms. The SMILES string of the molecule is CCC1CC[C@]2(c3ccc(CCC(C)(C)C)c(Cl)c3)NC(=O)N(C3(C)CC(C)[C@@H](C(=O)O)C3)C=C2C1. The van der Waals surface area contributed by atoms with Crippen LogP contribution in [0.5, 0.6) is 0 Å². The van der Waals surface area contributed by atoms with Gasteiger partial charge in [-0.25, -0.2) is 4.79 Å². The van der Waals surface area contributed by atoms with Crippen molar-refractivity contribution in [1.82, 2.24) is 10.2 Å². The van der Waals surface area contributed by atoms with Gasteiger partial charge in [0, 0.05) is 16.8 Å². The van der Waals surface area contributed by atoms with Gasteiger partial charge in [0.05, 0.1) is 11.5 Å². The average Bonchev–Trinajstić information content (AvgIpc) is 3.12. The Morgan fingerprint density at radius 3 is 2.58 bits per heavy atom. The quantitative estimate of drug-likeness (QED) is 0.412. The van der Waals surface area contributed by atoms with E-state index in [0.29, 0.717) is 18.8 Å². The van der Waals surface area contributed by atoms with Crippen molar-refractivity contribution in [3.8, 4) is 0 Å². The molecule has 5 atom stereocenters. The van der Waals surface area contributed by atoms with Gasteiger partial charge in [0.25, 0.3) is 0 Å². The maximum Gasteiger partial charge on any atom is 0.322 e. The molecule has 2 saturated carbocycles. The van der Waals surface area contributed by atoms with E-state index in [4.69, 9.17) is 11.6 Å². The molecular formula is C30H43ClN2O3. The lowest BCUT2D eigenvalue weighted by Crippen LogP contribution is -2.61. The highest BCUT2D eigenvalue weighted by Crippen LogP contribution is 2.50. The van der Waals surface area contributed by atoms with Crippen LogP contribution in [-0.4, -0.2) is 27.5 Å². The molecule has 1 aliphatic heterocycles. The number of carboxylic acid groups (broad SMARTS) is 1. The number of rotatable bonds is 6. The number of carbonyl (C=O) groups is 2. The fourth-order valence-electron chi connectivity index (χ4n) is 6.73. The number of carbonyl (C=O) groups excluding carboxylic acids is 1. The number of amides is 2. The fourth-order valence-corrected chi connectivity index (χ4v) is 7.00. The van der Waals surface area contributed by atoms with Gasteiger partial charge >= 0.3 is 12.0 Å². The summed E-state index contributed by atoms with van der Waals surface area (Å²) in [5.74, 6) is -0.595. The molecule has 3 aliphatic rings. The van der Waals surface area contributed by atoms with Crippen LogP contribution in [-0.2, 0) is 16.8 Å². The Morgan fingerprint density at radius 2 is 2.00 bits per heavy atom. The second-order valence-electron chi connectivity index (χ2n) is 13.1. The molecule has 5 nitrogen and oxygen atoms in total. The van der Waals surface area contributed by atoms with Crippen LogP contribution >= 0.6 is 11.6 Å². The number of nitrogens with one attached hydrogen (secondary N) is 1. The third kappa shape index (κ3) is 5.05. The zero-order chi connectivity index (χ0) is 26.5. The number of fused-ring (bicyclic) bond motifs is 1. The smallest absolute Gasteiger partial charge is 0.322 e. The summed E-state index contributed by atoms with van der Waals surface area (Å²) >= 11 is 6.82. The van der Waals surface area contributed by atoms with Crippen molar-refractivity contribution in [2.75, 3.05) is 0 Å². The van der Waals surface area contributed by atoms with E-state index in [1.807, 2.05) is 18.7 Å². The number of benzene rings is 1. The summed E-state index contributed by atoms with van der Waals surface area (Å²) in [5.41, 5.74) is 2.58. The summed E-state index contributed by atoms with van der Waals surface area (Å²) in [7, 11) is 0. The van der Waals surface area contributed by atoms with Gasteiger partial charge in [-0.1, -0.05) is 64.8 Å². The Hall–Kier alpha value is -2.01. The van der Waals surface area contributed by atoms with Crippen molar-refractivity contribution >= 4 is 23.6 Å². The largest absolute Gasteiger partial charge is 0.481 e. The molecule has 2 N–H and O–H groups in total. The summed E-state index contributed by atoms with van der Waals surface area (Å²) < 4.78 is 0. The molecule has 0 radical (unpaired) electrons. The highest BCUT2D eigenvalue weighted by atomic mass is 35.5. The molecule has 1 heterocycles. The van der Waals surface area contributed by atoms with E-state index in [9.17, 15) is 14.7 Å². The van der Waals surface area contributed by atoms with E-state index in [1.54, 1.807) is 0 Å². The van der Waals surface area contributed by atoms with Crippen LogP contribution in [0.1, 0.15) is 97.6 Å². The predicted molar refractivity (Wildman–Crippen MR) is 145 cm³/mol. The van der Waals surface area contributed by atoms with Crippen molar-refractivity contribution in [3.05, 3.63) is 46.1 Å². The number of hydrogen-bond acceptors (Lipinski definition) is 2. The first-order valence-electron chi connectivity index (χ1n) is 13.6. The first-order chi connectivity index (χ1) is 16.8. The normalized spacial score (nSPS) is 32.6. The monoisotopic (exact) mass is 514 g/mol.